The molecule has 118 valence electrons. The molecule has 4 nitrogen and oxygen atoms in total. The highest BCUT2D eigenvalue weighted by atomic mass is 79.9. The normalized spacial score (nSPS) is 15.8. The largest absolute Gasteiger partial charge is 0.507 e. The second kappa shape index (κ2) is 6.77. The van der Waals surface area contributed by atoms with Crippen molar-refractivity contribution in [1.82, 2.24) is 0 Å². The number of benzene rings is 2. The van der Waals surface area contributed by atoms with Crippen molar-refractivity contribution in [2.45, 2.75) is 0 Å². The topological polar surface area (TPSA) is 64.3 Å². The number of amides is 1. The Labute approximate surface area is 156 Å². The van der Waals surface area contributed by atoms with Crippen molar-refractivity contribution >= 4 is 61.9 Å². The van der Waals surface area contributed by atoms with Crippen LogP contribution >= 0.6 is 39.9 Å². The number of rotatable bonds is 2. The molecule has 7 heteroatoms. The van der Waals surface area contributed by atoms with Crippen LogP contribution < -0.4 is 4.90 Å². The number of nitrogens with zero attached hydrogens (tertiary/aromatic N) is 2. The van der Waals surface area contributed by atoms with Crippen molar-refractivity contribution in [2.24, 2.45) is 0 Å². The summed E-state index contributed by atoms with van der Waals surface area (Å²) in [6.45, 7) is 0. The standard InChI is InChI=1S/C17H9BrN2O2S2/c18-13-7-11(3-6-14(13)21)8-15-16(22)20(17(23)24-15)12-4-1-10(9-19)2-5-12/h1-8,21H/b15-8+. The van der Waals surface area contributed by atoms with Crippen molar-refractivity contribution in [3.8, 4) is 11.8 Å². The number of thiocarbonyl (C=S) groups is 1. The summed E-state index contributed by atoms with van der Waals surface area (Å²) >= 11 is 9.78. The Morgan fingerprint density at radius 2 is 1.96 bits per heavy atom. The third-order valence-electron chi connectivity index (χ3n) is 3.32. The molecule has 1 aliphatic rings. The summed E-state index contributed by atoms with van der Waals surface area (Å²) in [7, 11) is 0. The Morgan fingerprint density at radius 3 is 2.58 bits per heavy atom. The van der Waals surface area contributed by atoms with Gasteiger partial charge in [-0.15, -0.1) is 0 Å². The summed E-state index contributed by atoms with van der Waals surface area (Å²) in [6, 6.07) is 13.7. The Bertz CT molecular complexity index is 917. The molecular formula is C17H9BrN2O2S2. The fourth-order valence-corrected chi connectivity index (χ4v) is 3.84. The molecule has 0 aromatic heterocycles. The van der Waals surface area contributed by atoms with Crippen LogP contribution in [0.15, 0.2) is 51.8 Å². The van der Waals surface area contributed by atoms with Crippen LogP contribution in [-0.4, -0.2) is 15.3 Å². The third-order valence-corrected chi connectivity index (χ3v) is 5.26. The van der Waals surface area contributed by atoms with Crippen molar-refractivity contribution in [3.05, 3.63) is 63.0 Å². The van der Waals surface area contributed by atoms with Crippen LogP contribution in [-0.2, 0) is 4.79 Å². The van der Waals surface area contributed by atoms with E-state index in [1.807, 2.05) is 6.07 Å². The molecule has 1 saturated heterocycles. The predicted octanol–water partition coefficient (Wildman–Crippen LogP) is 4.43. The first kappa shape index (κ1) is 16.7. The van der Waals surface area contributed by atoms with E-state index in [4.69, 9.17) is 17.5 Å². The number of anilines is 1. The van der Waals surface area contributed by atoms with Gasteiger partial charge in [0.15, 0.2) is 4.32 Å². The highest BCUT2D eigenvalue weighted by molar-refractivity contribution is 9.10. The number of hydrogen-bond acceptors (Lipinski definition) is 5. The molecule has 0 bridgehead atoms. The van der Waals surface area contributed by atoms with Crippen LogP contribution in [0.2, 0.25) is 0 Å². The van der Waals surface area contributed by atoms with E-state index >= 15 is 0 Å². The average Bonchev–Trinajstić information content (AvgIpc) is 2.85. The number of phenols is 1. The van der Waals surface area contributed by atoms with Gasteiger partial charge in [0.25, 0.3) is 5.91 Å². The first-order chi connectivity index (χ1) is 11.5. The van der Waals surface area contributed by atoms with E-state index in [1.54, 1.807) is 48.5 Å². The summed E-state index contributed by atoms with van der Waals surface area (Å²) in [5.41, 5.74) is 1.93. The number of halogens is 1. The van der Waals surface area contributed by atoms with E-state index in [9.17, 15) is 9.90 Å². The summed E-state index contributed by atoms with van der Waals surface area (Å²) in [6.07, 6.45) is 1.73. The lowest BCUT2D eigenvalue weighted by Crippen LogP contribution is -2.27. The molecule has 0 unspecified atom stereocenters. The van der Waals surface area contributed by atoms with Gasteiger partial charge in [-0.05, 0) is 64.0 Å². The molecule has 3 rings (SSSR count). The molecule has 1 heterocycles. The quantitative estimate of drug-likeness (QED) is 0.579. The van der Waals surface area contributed by atoms with Crippen LogP contribution in [0.3, 0.4) is 0 Å². The Kier molecular flexibility index (Phi) is 4.71. The third kappa shape index (κ3) is 3.22. The van der Waals surface area contributed by atoms with Crippen molar-refractivity contribution in [3.63, 3.8) is 0 Å². The van der Waals surface area contributed by atoms with Gasteiger partial charge in [0.05, 0.1) is 26.7 Å². The number of aromatic hydroxyl groups is 1. The van der Waals surface area contributed by atoms with Crippen LogP contribution in [0, 0.1) is 11.3 Å². The zero-order chi connectivity index (χ0) is 17.3. The zero-order valence-corrected chi connectivity index (χ0v) is 15.3. The minimum absolute atomic E-state index is 0.136. The first-order valence-electron chi connectivity index (χ1n) is 6.76. The zero-order valence-electron chi connectivity index (χ0n) is 12.1. The molecule has 1 N–H and O–H groups in total. The predicted molar refractivity (Wildman–Crippen MR) is 103 cm³/mol. The van der Waals surface area contributed by atoms with E-state index in [-0.39, 0.29) is 11.7 Å². The molecule has 0 saturated carbocycles. The number of thioether (sulfide) groups is 1. The lowest BCUT2D eigenvalue weighted by Gasteiger charge is -2.14. The minimum Gasteiger partial charge on any atom is -0.507 e. The number of phenolic OH excluding ortho intramolecular Hbond substituents is 1. The first-order valence-corrected chi connectivity index (χ1v) is 8.78. The van der Waals surface area contributed by atoms with Gasteiger partial charge in [-0.25, -0.2) is 0 Å². The van der Waals surface area contributed by atoms with Crippen LogP contribution in [0.25, 0.3) is 6.08 Å². The van der Waals surface area contributed by atoms with Gasteiger partial charge in [-0.1, -0.05) is 30.0 Å². The van der Waals surface area contributed by atoms with Gasteiger partial charge in [0.1, 0.15) is 5.75 Å². The molecule has 1 amide bonds. The van der Waals surface area contributed by atoms with E-state index < -0.39 is 0 Å². The average molecular weight is 417 g/mol. The number of carbonyl (C=O) groups is 1. The van der Waals surface area contributed by atoms with Gasteiger partial charge < -0.3 is 5.11 Å². The van der Waals surface area contributed by atoms with Crippen LogP contribution in [0.1, 0.15) is 11.1 Å². The second-order valence-corrected chi connectivity index (χ2v) is 7.42. The number of nitriles is 1. The van der Waals surface area contributed by atoms with Gasteiger partial charge in [-0.3, -0.25) is 9.69 Å². The van der Waals surface area contributed by atoms with Gasteiger partial charge in [0.2, 0.25) is 0 Å². The molecule has 1 fully saturated rings. The van der Waals surface area contributed by atoms with Crippen LogP contribution in [0.4, 0.5) is 5.69 Å². The van der Waals surface area contributed by atoms with Crippen LogP contribution in [0.5, 0.6) is 5.75 Å². The molecule has 2 aromatic carbocycles. The molecule has 0 atom stereocenters. The monoisotopic (exact) mass is 416 g/mol. The van der Waals surface area contributed by atoms with Gasteiger partial charge >= 0.3 is 0 Å². The maximum atomic E-state index is 12.7. The summed E-state index contributed by atoms with van der Waals surface area (Å²) < 4.78 is 0.993. The van der Waals surface area contributed by atoms with E-state index in [0.29, 0.717) is 24.9 Å². The summed E-state index contributed by atoms with van der Waals surface area (Å²) in [4.78, 5) is 14.6. The second-order valence-electron chi connectivity index (χ2n) is 4.89. The summed E-state index contributed by atoms with van der Waals surface area (Å²) in [5, 5.41) is 18.4. The lowest BCUT2D eigenvalue weighted by molar-refractivity contribution is -0.113. The SMILES string of the molecule is N#Cc1ccc(N2C(=O)/C(=C\c3ccc(O)c(Br)c3)SC2=S)cc1. The van der Waals surface area contributed by atoms with E-state index in [1.165, 1.54) is 16.7 Å². The fraction of sp³-hybridized carbons (Fsp3) is 0. The smallest absolute Gasteiger partial charge is 0.270 e. The number of carbonyl (C=O) groups excluding carboxylic acids is 1. The molecule has 0 aliphatic carbocycles. The molecule has 0 radical (unpaired) electrons. The van der Waals surface area contributed by atoms with Crippen molar-refractivity contribution in [2.75, 3.05) is 4.90 Å². The summed E-state index contributed by atoms with van der Waals surface area (Å²) in [5.74, 6) is -0.0730. The molecule has 2 aromatic rings. The van der Waals surface area contributed by atoms with Gasteiger partial charge in [0, 0.05) is 0 Å². The van der Waals surface area contributed by atoms with E-state index in [0.717, 1.165) is 5.56 Å². The molecule has 1 aliphatic heterocycles. The number of hydrogen-bond donors (Lipinski definition) is 1. The fourth-order valence-electron chi connectivity index (χ4n) is 2.14. The minimum atomic E-state index is -0.209. The Hall–Kier alpha value is -2.14. The maximum Gasteiger partial charge on any atom is 0.270 e. The molecule has 24 heavy (non-hydrogen) atoms. The Morgan fingerprint density at radius 1 is 1.25 bits per heavy atom. The van der Waals surface area contributed by atoms with E-state index in [2.05, 4.69) is 15.9 Å². The van der Waals surface area contributed by atoms with Crippen molar-refractivity contribution < 1.29 is 9.90 Å². The highest BCUT2D eigenvalue weighted by Crippen LogP contribution is 2.36. The highest BCUT2D eigenvalue weighted by Gasteiger charge is 2.33. The van der Waals surface area contributed by atoms with Gasteiger partial charge in [-0.2, -0.15) is 5.26 Å². The lowest BCUT2D eigenvalue weighted by atomic mass is 10.2. The molecular weight excluding hydrogens is 408 g/mol. The Balaban J connectivity index is 1.92. The maximum absolute atomic E-state index is 12.7. The molecule has 0 spiro atoms. The van der Waals surface area contributed by atoms with Crippen molar-refractivity contribution in [1.29, 1.82) is 5.26 Å².